The van der Waals surface area contributed by atoms with Crippen molar-refractivity contribution in [3.8, 4) is 5.75 Å². The van der Waals surface area contributed by atoms with E-state index in [1.54, 1.807) is 18.2 Å². The minimum absolute atomic E-state index is 0.0264. The van der Waals surface area contributed by atoms with Gasteiger partial charge in [-0.1, -0.05) is 31.2 Å². The van der Waals surface area contributed by atoms with E-state index >= 15 is 0 Å². The van der Waals surface area contributed by atoms with Gasteiger partial charge in [-0.3, -0.25) is 19.3 Å². The van der Waals surface area contributed by atoms with Crippen LogP contribution in [0.15, 0.2) is 53.4 Å². The number of ketones is 1. The molecule has 174 valence electrons. The lowest BCUT2D eigenvalue weighted by Gasteiger charge is -2.29. The number of hydrogen-bond acceptors (Lipinski definition) is 6. The Morgan fingerprint density at radius 2 is 1.73 bits per heavy atom. The van der Waals surface area contributed by atoms with Crippen LogP contribution in [0, 0.1) is 5.92 Å². The van der Waals surface area contributed by atoms with Crippen molar-refractivity contribution in [3.05, 3.63) is 59.7 Å². The zero-order valence-electron chi connectivity index (χ0n) is 18.6. The molecule has 1 unspecified atom stereocenters. The molecule has 2 aromatic carbocycles. The average Bonchev–Trinajstić information content (AvgIpc) is 2.90. The number of rotatable bonds is 5. The lowest BCUT2D eigenvalue weighted by molar-refractivity contribution is -0.134. The maximum Gasteiger partial charge on any atom is 0.270 e. The van der Waals surface area contributed by atoms with Crippen molar-refractivity contribution in [3.63, 3.8) is 0 Å². The SMILES string of the molecule is CC1CCN(S(=O)(=O)c2cccc(C(=O)CN3C(=O)c4ccccc4OC(C)C3=O)c2)CC1. The lowest BCUT2D eigenvalue weighted by Crippen LogP contribution is -2.44. The number of fused-ring (bicyclic) bond motifs is 1. The number of para-hydroxylation sites is 1. The number of imide groups is 1. The summed E-state index contributed by atoms with van der Waals surface area (Å²) in [5, 5.41) is 0. The fourth-order valence-corrected chi connectivity index (χ4v) is 5.56. The van der Waals surface area contributed by atoms with Crippen LogP contribution in [0.4, 0.5) is 0 Å². The topological polar surface area (TPSA) is 101 Å². The normalized spacial score (nSPS) is 20.2. The van der Waals surface area contributed by atoms with E-state index in [2.05, 4.69) is 6.92 Å². The standard InChI is InChI=1S/C24H26N2O6S/c1-16-10-12-25(13-11-16)33(30,31)19-7-5-6-18(14-19)21(27)15-26-23(28)17(2)32-22-9-4-3-8-20(22)24(26)29/h3-9,14,16-17H,10-13,15H2,1-2H3. The van der Waals surface area contributed by atoms with Crippen LogP contribution >= 0.6 is 0 Å². The quantitative estimate of drug-likeness (QED) is 0.492. The Morgan fingerprint density at radius 1 is 1.03 bits per heavy atom. The largest absolute Gasteiger partial charge is 0.480 e. The van der Waals surface area contributed by atoms with Gasteiger partial charge >= 0.3 is 0 Å². The summed E-state index contributed by atoms with van der Waals surface area (Å²) < 4.78 is 33.2. The molecule has 0 saturated carbocycles. The van der Waals surface area contributed by atoms with Gasteiger partial charge in [-0.05, 0) is 49.9 Å². The Bertz CT molecular complexity index is 1200. The maximum absolute atomic E-state index is 13.1. The van der Waals surface area contributed by atoms with Gasteiger partial charge in [0.1, 0.15) is 5.75 Å². The molecule has 0 aromatic heterocycles. The first-order valence-electron chi connectivity index (χ1n) is 10.9. The molecule has 0 spiro atoms. The fourth-order valence-electron chi connectivity index (χ4n) is 4.04. The summed E-state index contributed by atoms with van der Waals surface area (Å²) >= 11 is 0. The average molecular weight is 471 g/mol. The van der Waals surface area contributed by atoms with Crippen LogP contribution in [0.2, 0.25) is 0 Å². The third-order valence-corrected chi connectivity index (χ3v) is 8.01. The molecule has 1 fully saturated rings. The summed E-state index contributed by atoms with van der Waals surface area (Å²) in [7, 11) is -3.74. The molecular weight excluding hydrogens is 444 g/mol. The first-order valence-corrected chi connectivity index (χ1v) is 12.4. The minimum atomic E-state index is -3.74. The Kier molecular flexibility index (Phi) is 6.36. The van der Waals surface area contributed by atoms with Crippen LogP contribution in [0.1, 0.15) is 47.4 Å². The van der Waals surface area contributed by atoms with E-state index in [4.69, 9.17) is 4.74 Å². The molecule has 0 radical (unpaired) electrons. The van der Waals surface area contributed by atoms with E-state index in [1.165, 1.54) is 41.6 Å². The molecule has 9 heteroatoms. The fraction of sp³-hybridized carbons (Fsp3) is 0.375. The summed E-state index contributed by atoms with van der Waals surface area (Å²) in [6.07, 6.45) is 0.635. The van der Waals surface area contributed by atoms with Crippen molar-refractivity contribution < 1.29 is 27.5 Å². The van der Waals surface area contributed by atoms with Crippen molar-refractivity contribution in [2.45, 2.75) is 37.7 Å². The van der Waals surface area contributed by atoms with Crippen molar-refractivity contribution in [1.29, 1.82) is 0 Å². The number of sulfonamides is 1. The third kappa shape index (κ3) is 4.56. The Labute approximate surface area is 193 Å². The molecule has 2 aliphatic heterocycles. The van der Waals surface area contributed by atoms with Gasteiger partial charge in [0.15, 0.2) is 11.9 Å². The number of carbonyl (C=O) groups is 3. The highest BCUT2D eigenvalue weighted by molar-refractivity contribution is 7.89. The number of nitrogens with zero attached hydrogens (tertiary/aromatic N) is 2. The molecule has 1 atom stereocenters. The molecule has 2 heterocycles. The van der Waals surface area contributed by atoms with Crippen LogP contribution in [0.3, 0.4) is 0 Å². The number of carbonyl (C=O) groups excluding carboxylic acids is 3. The number of Topliss-reactive ketones (excluding diaryl/α,β-unsaturated/α-hetero) is 1. The Hall–Kier alpha value is -3.04. The van der Waals surface area contributed by atoms with Gasteiger partial charge in [-0.15, -0.1) is 0 Å². The van der Waals surface area contributed by atoms with Crippen LogP contribution < -0.4 is 4.74 Å². The van der Waals surface area contributed by atoms with Gasteiger partial charge in [0.25, 0.3) is 11.8 Å². The molecule has 4 rings (SSSR count). The zero-order valence-corrected chi connectivity index (χ0v) is 19.4. The second kappa shape index (κ2) is 9.07. The number of hydrogen-bond donors (Lipinski definition) is 0. The van der Waals surface area contributed by atoms with Crippen molar-refractivity contribution in [1.82, 2.24) is 9.21 Å². The smallest absolute Gasteiger partial charge is 0.270 e. The molecule has 0 aliphatic carbocycles. The summed E-state index contributed by atoms with van der Waals surface area (Å²) in [6.45, 7) is 3.98. The molecule has 2 amide bonds. The first-order chi connectivity index (χ1) is 15.7. The molecule has 2 aliphatic rings. The van der Waals surface area contributed by atoms with Crippen molar-refractivity contribution >= 4 is 27.6 Å². The number of amides is 2. The highest BCUT2D eigenvalue weighted by atomic mass is 32.2. The molecule has 33 heavy (non-hydrogen) atoms. The van der Waals surface area contributed by atoms with E-state index in [0.717, 1.165) is 17.7 Å². The Balaban J connectivity index is 1.58. The predicted molar refractivity (Wildman–Crippen MR) is 121 cm³/mol. The zero-order chi connectivity index (χ0) is 23.8. The Morgan fingerprint density at radius 3 is 2.45 bits per heavy atom. The number of ether oxygens (including phenoxy) is 1. The van der Waals surface area contributed by atoms with Gasteiger partial charge in [-0.25, -0.2) is 8.42 Å². The van der Waals surface area contributed by atoms with Gasteiger partial charge in [0.05, 0.1) is 17.0 Å². The van der Waals surface area contributed by atoms with E-state index in [1.807, 2.05) is 0 Å². The van der Waals surface area contributed by atoms with Gasteiger partial charge in [0.2, 0.25) is 10.0 Å². The number of piperidine rings is 1. The van der Waals surface area contributed by atoms with E-state index in [9.17, 15) is 22.8 Å². The molecule has 0 N–H and O–H groups in total. The lowest BCUT2D eigenvalue weighted by atomic mass is 10.0. The molecule has 1 saturated heterocycles. The van der Waals surface area contributed by atoms with Crippen molar-refractivity contribution in [2.75, 3.05) is 19.6 Å². The summed E-state index contributed by atoms with van der Waals surface area (Å²) in [4.78, 5) is 39.7. The molecular formula is C24H26N2O6S. The van der Waals surface area contributed by atoms with Crippen molar-refractivity contribution in [2.24, 2.45) is 5.92 Å². The first kappa shape index (κ1) is 23.1. The minimum Gasteiger partial charge on any atom is -0.480 e. The number of benzene rings is 2. The predicted octanol–water partition coefficient (Wildman–Crippen LogP) is 2.74. The van der Waals surface area contributed by atoms with Gasteiger partial charge in [-0.2, -0.15) is 4.31 Å². The second-order valence-corrected chi connectivity index (χ2v) is 10.5. The van der Waals surface area contributed by atoms with Crippen LogP contribution in [-0.4, -0.2) is 61.0 Å². The summed E-state index contributed by atoms with van der Waals surface area (Å²) in [5.41, 5.74) is 0.312. The van der Waals surface area contributed by atoms with Crippen LogP contribution in [-0.2, 0) is 14.8 Å². The van der Waals surface area contributed by atoms with Gasteiger partial charge in [0, 0.05) is 18.7 Å². The molecule has 2 aromatic rings. The highest BCUT2D eigenvalue weighted by Crippen LogP contribution is 2.27. The van der Waals surface area contributed by atoms with E-state index < -0.39 is 40.3 Å². The van der Waals surface area contributed by atoms with Gasteiger partial charge < -0.3 is 4.74 Å². The maximum atomic E-state index is 13.1. The third-order valence-electron chi connectivity index (χ3n) is 6.12. The molecule has 8 nitrogen and oxygen atoms in total. The van der Waals surface area contributed by atoms with Crippen LogP contribution in [0.5, 0.6) is 5.75 Å². The van der Waals surface area contributed by atoms with E-state index in [0.29, 0.717) is 19.0 Å². The monoisotopic (exact) mass is 470 g/mol. The van der Waals surface area contributed by atoms with E-state index in [-0.39, 0.29) is 21.8 Å². The molecule has 0 bridgehead atoms. The summed E-state index contributed by atoms with van der Waals surface area (Å²) in [6, 6.07) is 12.2. The summed E-state index contributed by atoms with van der Waals surface area (Å²) in [5.74, 6) is -1.03. The second-order valence-electron chi connectivity index (χ2n) is 8.52. The van der Waals surface area contributed by atoms with Crippen LogP contribution in [0.25, 0.3) is 0 Å². The highest BCUT2D eigenvalue weighted by Gasteiger charge is 2.35.